The number of fused-ring (bicyclic) bond motifs is 1. The van der Waals surface area contributed by atoms with Gasteiger partial charge in [-0.15, -0.1) is 0 Å². The molecule has 1 N–H and O–H groups in total. The van der Waals surface area contributed by atoms with Crippen molar-refractivity contribution in [1.82, 2.24) is 4.98 Å². The SMILES string of the molecule is CC.CCCN(CCCC(CC)C1=CCc2cccnc21)c1ccc(C2CC2)cc1.CCOCO.Cc1ccc(C)cc1. The van der Waals surface area contributed by atoms with Crippen LogP contribution in [0.1, 0.15) is 107 Å². The zero-order valence-corrected chi connectivity index (χ0v) is 28.1. The summed E-state index contributed by atoms with van der Waals surface area (Å²) in [5.74, 6) is 1.48. The number of hydrogen-bond acceptors (Lipinski definition) is 4. The predicted octanol–water partition coefficient (Wildman–Crippen LogP) is 9.92. The number of anilines is 1. The average Bonchev–Trinajstić information content (AvgIpc) is 3.82. The molecule has 0 spiro atoms. The first-order chi connectivity index (χ1) is 21.0. The highest BCUT2D eigenvalue weighted by Gasteiger charge is 2.24. The van der Waals surface area contributed by atoms with Crippen molar-refractivity contribution in [1.29, 1.82) is 0 Å². The normalized spacial score (nSPS) is 13.6. The second kappa shape index (κ2) is 20.9. The summed E-state index contributed by atoms with van der Waals surface area (Å²) >= 11 is 0. The van der Waals surface area contributed by atoms with E-state index in [-0.39, 0.29) is 6.79 Å². The fraction of sp³-hybridized carbons (Fsp3) is 0.513. The van der Waals surface area contributed by atoms with E-state index in [1.165, 1.54) is 77.7 Å². The number of rotatable bonds is 12. The number of pyridine rings is 1. The third-order valence-electron chi connectivity index (χ3n) is 7.93. The van der Waals surface area contributed by atoms with Crippen LogP contribution in [0.2, 0.25) is 0 Å². The van der Waals surface area contributed by atoms with Gasteiger partial charge in [0.05, 0.1) is 5.69 Å². The largest absolute Gasteiger partial charge is 0.372 e. The van der Waals surface area contributed by atoms with Gasteiger partial charge in [-0.25, -0.2) is 0 Å². The van der Waals surface area contributed by atoms with E-state index in [1.807, 2.05) is 27.0 Å². The zero-order chi connectivity index (χ0) is 31.5. The van der Waals surface area contributed by atoms with Crippen molar-refractivity contribution < 1.29 is 9.84 Å². The summed E-state index contributed by atoms with van der Waals surface area (Å²) in [5.41, 5.74) is 9.74. The lowest BCUT2D eigenvalue weighted by molar-refractivity contribution is 0.00539. The molecular formula is C39H58N2O2. The van der Waals surface area contributed by atoms with Crippen LogP contribution in [-0.2, 0) is 11.2 Å². The van der Waals surface area contributed by atoms with Gasteiger partial charge in [0.2, 0.25) is 0 Å². The molecule has 43 heavy (non-hydrogen) atoms. The van der Waals surface area contributed by atoms with E-state index < -0.39 is 0 Å². The Balaban J connectivity index is 0.000000356. The topological polar surface area (TPSA) is 45.6 Å². The maximum Gasteiger partial charge on any atom is 0.143 e. The van der Waals surface area contributed by atoms with Crippen molar-refractivity contribution in [2.45, 2.75) is 99.3 Å². The molecule has 0 radical (unpaired) electrons. The smallest absolute Gasteiger partial charge is 0.143 e. The van der Waals surface area contributed by atoms with Crippen LogP contribution in [0.25, 0.3) is 5.57 Å². The molecule has 5 rings (SSSR count). The number of aromatic nitrogens is 1. The van der Waals surface area contributed by atoms with Gasteiger partial charge in [-0.05, 0) is 112 Å². The molecule has 1 atom stereocenters. The highest BCUT2D eigenvalue weighted by atomic mass is 16.6. The number of benzene rings is 2. The first-order valence-electron chi connectivity index (χ1n) is 16.7. The predicted molar refractivity (Wildman–Crippen MR) is 186 cm³/mol. The number of ether oxygens (including phenoxy) is 1. The molecule has 4 heteroatoms. The van der Waals surface area contributed by atoms with E-state index in [1.54, 1.807) is 0 Å². The number of allylic oxidation sites excluding steroid dienone is 2. The lowest BCUT2D eigenvalue weighted by Crippen LogP contribution is -2.25. The van der Waals surface area contributed by atoms with E-state index in [9.17, 15) is 0 Å². The summed E-state index contributed by atoms with van der Waals surface area (Å²) in [6.45, 7) is 17.4. The van der Waals surface area contributed by atoms with Gasteiger partial charge >= 0.3 is 0 Å². The minimum absolute atomic E-state index is 0.156. The van der Waals surface area contributed by atoms with Gasteiger partial charge in [-0.3, -0.25) is 4.98 Å². The summed E-state index contributed by atoms with van der Waals surface area (Å²) in [7, 11) is 0. The molecule has 3 aromatic rings. The summed E-state index contributed by atoms with van der Waals surface area (Å²) in [6, 6.07) is 22.2. The van der Waals surface area contributed by atoms with E-state index in [0.717, 1.165) is 25.4 Å². The molecule has 2 aliphatic carbocycles. The van der Waals surface area contributed by atoms with Gasteiger partial charge in [0.25, 0.3) is 0 Å². The van der Waals surface area contributed by atoms with E-state index >= 15 is 0 Å². The molecule has 236 valence electrons. The lowest BCUT2D eigenvalue weighted by Gasteiger charge is -2.26. The fourth-order valence-electron chi connectivity index (χ4n) is 5.39. The van der Waals surface area contributed by atoms with Gasteiger partial charge in [-0.1, -0.05) is 87.4 Å². The van der Waals surface area contributed by atoms with Crippen molar-refractivity contribution in [2.75, 3.05) is 31.4 Å². The maximum absolute atomic E-state index is 7.84. The summed E-state index contributed by atoms with van der Waals surface area (Å²) in [4.78, 5) is 7.26. The Morgan fingerprint density at radius 3 is 2.07 bits per heavy atom. The number of nitrogens with zero attached hydrogens (tertiary/aromatic N) is 2. The van der Waals surface area contributed by atoms with Crippen LogP contribution in [0, 0.1) is 19.8 Å². The van der Waals surface area contributed by atoms with Crippen LogP contribution in [0.5, 0.6) is 0 Å². The second-order valence-electron chi connectivity index (χ2n) is 11.3. The van der Waals surface area contributed by atoms with Gasteiger partial charge in [-0.2, -0.15) is 0 Å². The third kappa shape index (κ3) is 12.7. The van der Waals surface area contributed by atoms with Crippen LogP contribution >= 0.6 is 0 Å². The monoisotopic (exact) mass is 586 g/mol. The van der Waals surface area contributed by atoms with Crippen LogP contribution < -0.4 is 4.90 Å². The Labute approximate surface area is 263 Å². The molecule has 2 aromatic carbocycles. The number of aliphatic hydroxyl groups excluding tert-OH is 1. The lowest BCUT2D eigenvalue weighted by atomic mass is 9.90. The van der Waals surface area contributed by atoms with Crippen LogP contribution in [0.15, 0.2) is 72.9 Å². The molecule has 0 saturated heterocycles. The summed E-state index contributed by atoms with van der Waals surface area (Å²) in [6.07, 6.45) is 13.1. The molecule has 1 saturated carbocycles. The summed E-state index contributed by atoms with van der Waals surface area (Å²) < 4.78 is 4.39. The van der Waals surface area contributed by atoms with Crippen molar-refractivity contribution in [3.8, 4) is 0 Å². The Bertz CT molecular complexity index is 1140. The van der Waals surface area contributed by atoms with Crippen molar-refractivity contribution in [3.05, 3.63) is 101 Å². The highest BCUT2D eigenvalue weighted by Crippen LogP contribution is 2.40. The van der Waals surface area contributed by atoms with Crippen LogP contribution in [0.4, 0.5) is 5.69 Å². The zero-order valence-electron chi connectivity index (χ0n) is 28.1. The maximum atomic E-state index is 7.84. The van der Waals surface area contributed by atoms with Gasteiger partial charge in [0.1, 0.15) is 6.79 Å². The first-order valence-corrected chi connectivity index (χ1v) is 16.7. The molecule has 2 aliphatic rings. The average molecular weight is 587 g/mol. The van der Waals surface area contributed by atoms with E-state index in [0.29, 0.717) is 12.5 Å². The molecule has 1 aromatic heterocycles. The molecule has 1 heterocycles. The molecule has 0 bridgehead atoms. The number of aryl methyl sites for hydroxylation is 2. The molecule has 4 nitrogen and oxygen atoms in total. The fourth-order valence-corrected chi connectivity index (χ4v) is 5.39. The molecule has 0 amide bonds. The van der Waals surface area contributed by atoms with Crippen LogP contribution in [0.3, 0.4) is 0 Å². The van der Waals surface area contributed by atoms with Gasteiger partial charge < -0.3 is 14.7 Å². The molecular weight excluding hydrogens is 528 g/mol. The van der Waals surface area contributed by atoms with Gasteiger partial charge in [0.15, 0.2) is 0 Å². The van der Waals surface area contributed by atoms with E-state index in [2.05, 4.69) is 109 Å². The second-order valence-corrected chi connectivity index (χ2v) is 11.3. The van der Waals surface area contributed by atoms with Crippen molar-refractivity contribution in [2.24, 2.45) is 5.92 Å². The minimum Gasteiger partial charge on any atom is -0.372 e. The molecule has 1 unspecified atom stereocenters. The Kier molecular flexibility index (Phi) is 17.6. The quantitative estimate of drug-likeness (QED) is 0.215. The third-order valence-corrected chi connectivity index (χ3v) is 7.93. The highest BCUT2D eigenvalue weighted by molar-refractivity contribution is 5.71. The Hall–Kier alpha value is -2.95. The Morgan fingerprint density at radius 1 is 0.907 bits per heavy atom. The van der Waals surface area contributed by atoms with Gasteiger partial charge in [0, 0.05) is 31.6 Å². The number of hydrogen-bond donors (Lipinski definition) is 1. The first kappa shape index (κ1) is 36.2. The standard InChI is InChI=1S/C26H34N2.C8H10.C3H8O2.C2H6/c1-3-18-28(24-14-11-22(12-15-24)21-9-10-21)19-6-8-20(4-2)25-16-13-23-7-5-17-27-26(23)25;1-7-3-5-8(2)6-4-7;1-2-5-3-4;1-2/h5,7,11-12,14-17,20-21H,3-4,6,8-10,13,18-19H2,1-2H3;3-6H,1-2H3;4H,2-3H2,1H3;1-2H3. The summed E-state index contributed by atoms with van der Waals surface area (Å²) in [5, 5.41) is 7.84. The molecule has 0 aliphatic heterocycles. The van der Waals surface area contributed by atoms with Crippen LogP contribution in [-0.4, -0.2) is 36.6 Å². The Morgan fingerprint density at radius 2 is 1.56 bits per heavy atom. The molecule has 1 fully saturated rings. The number of aliphatic hydroxyl groups is 1. The minimum atomic E-state index is -0.156. The van der Waals surface area contributed by atoms with Crippen molar-refractivity contribution in [3.63, 3.8) is 0 Å². The van der Waals surface area contributed by atoms with Crippen molar-refractivity contribution >= 4 is 11.3 Å². The van der Waals surface area contributed by atoms with E-state index in [4.69, 9.17) is 5.11 Å².